The van der Waals surface area contributed by atoms with E-state index in [9.17, 15) is 4.79 Å². The number of anilines is 1. The first-order valence-corrected chi connectivity index (χ1v) is 8.20. The number of nitrogens with one attached hydrogen (secondary N) is 1. The van der Waals surface area contributed by atoms with E-state index in [1.807, 2.05) is 61.7 Å². The molecule has 0 aliphatic carbocycles. The number of benzene rings is 2. The highest BCUT2D eigenvalue weighted by Crippen LogP contribution is 2.38. The van der Waals surface area contributed by atoms with Crippen LogP contribution < -0.4 is 5.32 Å². The molecule has 0 radical (unpaired) electrons. The summed E-state index contributed by atoms with van der Waals surface area (Å²) in [6.45, 7) is 2.04. The lowest BCUT2D eigenvalue weighted by molar-refractivity contribution is -0.116. The van der Waals surface area contributed by atoms with Crippen LogP contribution in [0.5, 0.6) is 0 Å². The minimum absolute atomic E-state index is 0.0127. The van der Waals surface area contributed by atoms with E-state index in [1.54, 1.807) is 4.68 Å². The minimum atomic E-state index is -0.0355. The lowest BCUT2D eigenvalue weighted by Crippen LogP contribution is -2.24. The van der Waals surface area contributed by atoms with Gasteiger partial charge in [-0.15, -0.1) is 0 Å². The molecule has 2 heterocycles. The lowest BCUT2D eigenvalue weighted by atomic mass is 9.87. The zero-order chi connectivity index (χ0) is 16.7. The number of nitrogens with zero attached hydrogens (tertiary/aromatic N) is 2. The fraction of sp³-hybridized carbons (Fsp3) is 0.158. The number of carbonyl (C=O) groups excluding carboxylic acids is 1. The summed E-state index contributed by atoms with van der Waals surface area (Å²) in [6, 6.07) is 15.7. The highest BCUT2D eigenvalue weighted by atomic mass is 35.5. The lowest BCUT2D eigenvalue weighted by Gasteiger charge is -2.24. The summed E-state index contributed by atoms with van der Waals surface area (Å²) in [5.41, 5.74) is 4.15. The van der Waals surface area contributed by atoms with Crippen LogP contribution in [0.2, 0.25) is 5.02 Å². The molecule has 0 spiro atoms. The molecule has 120 valence electrons. The van der Waals surface area contributed by atoms with Crippen LogP contribution in [0.3, 0.4) is 0 Å². The van der Waals surface area contributed by atoms with Crippen LogP contribution in [0.1, 0.15) is 29.0 Å². The summed E-state index contributed by atoms with van der Waals surface area (Å²) >= 11 is 6.12. The summed E-state index contributed by atoms with van der Waals surface area (Å²) in [7, 11) is 0. The van der Waals surface area contributed by atoms with Crippen molar-refractivity contribution in [1.29, 1.82) is 0 Å². The van der Waals surface area contributed by atoms with E-state index in [4.69, 9.17) is 11.6 Å². The monoisotopic (exact) mass is 337 g/mol. The average molecular weight is 338 g/mol. The van der Waals surface area contributed by atoms with Crippen LogP contribution in [-0.4, -0.2) is 15.7 Å². The fourth-order valence-corrected chi connectivity index (χ4v) is 3.32. The molecule has 1 aliphatic heterocycles. The molecule has 0 fully saturated rings. The van der Waals surface area contributed by atoms with Gasteiger partial charge in [0.1, 0.15) is 5.82 Å². The van der Waals surface area contributed by atoms with Crippen molar-refractivity contribution in [3.63, 3.8) is 0 Å². The van der Waals surface area contributed by atoms with Crippen LogP contribution in [0.25, 0.3) is 5.69 Å². The molecule has 4 rings (SSSR count). The predicted octanol–water partition coefficient (Wildman–Crippen LogP) is 4.31. The van der Waals surface area contributed by atoms with Crippen molar-refractivity contribution in [3.05, 3.63) is 76.4 Å². The second-order valence-corrected chi connectivity index (χ2v) is 6.49. The molecule has 5 heteroatoms. The van der Waals surface area contributed by atoms with Crippen molar-refractivity contribution in [2.75, 3.05) is 5.32 Å². The molecule has 1 aromatic heterocycles. The fourth-order valence-electron chi connectivity index (χ4n) is 3.12. The van der Waals surface area contributed by atoms with Gasteiger partial charge < -0.3 is 5.32 Å². The summed E-state index contributed by atoms with van der Waals surface area (Å²) in [6.07, 6.45) is 2.23. The zero-order valence-corrected chi connectivity index (χ0v) is 13.9. The van der Waals surface area contributed by atoms with Gasteiger partial charge in [-0.05, 0) is 36.8 Å². The minimum Gasteiger partial charge on any atom is -0.310 e. The number of fused-ring (bicyclic) bond motifs is 1. The third kappa shape index (κ3) is 2.59. The van der Waals surface area contributed by atoms with Gasteiger partial charge in [0.2, 0.25) is 5.91 Å². The Labute approximate surface area is 145 Å². The average Bonchev–Trinajstić information content (AvgIpc) is 2.98. The van der Waals surface area contributed by atoms with Gasteiger partial charge in [-0.2, -0.15) is 5.10 Å². The number of halogens is 1. The van der Waals surface area contributed by atoms with E-state index in [0.29, 0.717) is 11.4 Å². The van der Waals surface area contributed by atoms with Crippen molar-refractivity contribution in [2.45, 2.75) is 19.3 Å². The van der Waals surface area contributed by atoms with Gasteiger partial charge in [-0.25, -0.2) is 4.68 Å². The quantitative estimate of drug-likeness (QED) is 0.757. The Morgan fingerprint density at radius 1 is 1.21 bits per heavy atom. The molecule has 3 aromatic rings. The van der Waals surface area contributed by atoms with Gasteiger partial charge in [0.25, 0.3) is 0 Å². The third-order valence-corrected chi connectivity index (χ3v) is 4.58. The third-order valence-electron chi connectivity index (χ3n) is 4.35. The summed E-state index contributed by atoms with van der Waals surface area (Å²) in [5.74, 6) is 0.688. The van der Waals surface area contributed by atoms with E-state index in [2.05, 4.69) is 10.4 Å². The molecule has 1 N–H and O–H groups in total. The van der Waals surface area contributed by atoms with E-state index in [-0.39, 0.29) is 11.8 Å². The number of amides is 1. The van der Waals surface area contributed by atoms with E-state index >= 15 is 0 Å². The summed E-state index contributed by atoms with van der Waals surface area (Å²) in [4.78, 5) is 12.2. The molecule has 1 aliphatic rings. The molecular weight excluding hydrogens is 322 g/mol. The molecular formula is C19H16ClN3O. The maximum Gasteiger partial charge on any atom is 0.226 e. The summed E-state index contributed by atoms with van der Waals surface area (Å²) < 4.78 is 1.78. The zero-order valence-electron chi connectivity index (χ0n) is 13.2. The molecule has 0 saturated heterocycles. The Kier molecular flexibility index (Phi) is 3.62. The Balaban J connectivity index is 1.81. The first-order valence-electron chi connectivity index (χ1n) is 7.82. The maximum atomic E-state index is 12.2. The van der Waals surface area contributed by atoms with Crippen molar-refractivity contribution < 1.29 is 4.79 Å². The molecule has 0 bridgehead atoms. The van der Waals surface area contributed by atoms with Gasteiger partial charge >= 0.3 is 0 Å². The van der Waals surface area contributed by atoms with Crippen molar-refractivity contribution in [1.82, 2.24) is 9.78 Å². The van der Waals surface area contributed by atoms with Crippen LogP contribution in [-0.2, 0) is 4.79 Å². The molecule has 0 saturated carbocycles. The SMILES string of the molecule is Cc1ccc(-n2ncc3c2NC(=O)C[C@@H]3c2cccc(Cl)c2)cc1. The second-order valence-electron chi connectivity index (χ2n) is 6.06. The number of carbonyl (C=O) groups is 1. The molecule has 4 nitrogen and oxygen atoms in total. The van der Waals surface area contributed by atoms with Gasteiger partial charge in [0, 0.05) is 22.9 Å². The van der Waals surface area contributed by atoms with Crippen LogP contribution in [0, 0.1) is 6.92 Å². The number of aryl methyl sites for hydroxylation is 1. The summed E-state index contributed by atoms with van der Waals surface area (Å²) in [5, 5.41) is 8.14. The largest absolute Gasteiger partial charge is 0.310 e. The first-order chi connectivity index (χ1) is 11.6. The predicted molar refractivity (Wildman–Crippen MR) is 94.8 cm³/mol. The molecule has 1 amide bonds. The number of hydrogen-bond donors (Lipinski definition) is 1. The van der Waals surface area contributed by atoms with E-state index in [1.165, 1.54) is 5.56 Å². The molecule has 1 atom stereocenters. The van der Waals surface area contributed by atoms with E-state index < -0.39 is 0 Å². The smallest absolute Gasteiger partial charge is 0.226 e. The van der Waals surface area contributed by atoms with Crippen molar-refractivity contribution >= 4 is 23.3 Å². The van der Waals surface area contributed by atoms with E-state index in [0.717, 1.165) is 22.6 Å². The Morgan fingerprint density at radius 2 is 2.00 bits per heavy atom. The highest BCUT2D eigenvalue weighted by molar-refractivity contribution is 6.30. The normalized spacial score (nSPS) is 16.6. The van der Waals surface area contributed by atoms with Crippen LogP contribution in [0.15, 0.2) is 54.7 Å². The van der Waals surface area contributed by atoms with Gasteiger partial charge in [-0.1, -0.05) is 41.4 Å². The van der Waals surface area contributed by atoms with Gasteiger partial charge in [-0.3, -0.25) is 4.79 Å². The standard InChI is InChI=1S/C19H16ClN3O/c1-12-5-7-15(8-6-12)23-19-17(11-21-23)16(10-18(24)22-19)13-3-2-4-14(20)9-13/h2-9,11,16H,10H2,1H3,(H,22,24)/t16-/m1/s1. The Bertz CT molecular complexity index is 915. The Hall–Kier alpha value is -2.59. The van der Waals surface area contributed by atoms with Crippen LogP contribution in [0.4, 0.5) is 5.82 Å². The maximum absolute atomic E-state index is 12.2. The Morgan fingerprint density at radius 3 is 2.75 bits per heavy atom. The van der Waals surface area contributed by atoms with Crippen molar-refractivity contribution in [2.24, 2.45) is 0 Å². The van der Waals surface area contributed by atoms with Gasteiger partial charge in [0.05, 0.1) is 11.9 Å². The van der Waals surface area contributed by atoms with Crippen molar-refractivity contribution in [3.8, 4) is 5.69 Å². The molecule has 24 heavy (non-hydrogen) atoms. The molecule has 2 aromatic carbocycles. The number of aromatic nitrogens is 2. The second kappa shape index (κ2) is 5.80. The highest BCUT2D eigenvalue weighted by Gasteiger charge is 2.30. The first kappa shape index (κ1) is 15.0. The number of rotatable bonds is 2. The van der Waals surface area contributed by atoms with Crippen LogP contribution >= 0.6 is 11.6 Å². The van der Waals surface area contributed by atoms with Gasteiger partial charge in [0.15, 0.2) is 0 Å². The number of hydrogen-bond acceptors (Lipinski definition) is 2. The molecule has 0 unspecified atom stereocenters. The topological polar surface area (TPSA) is 46.9 Å².